The van der Waals surface area contributed by atoms with Gasteiger partial charge >= 0.3 is 0 Å². The van der Waals surface area contributed by atoms with Gasteiger partial charge in [-0.15, -0.1) is 23.4 Å². The van der Waals surface area contributed by atoms with Gasteiger partial charge in [-0.2, -0.15) is 0 Å². The summed E-state index contributed by atoms with van der Waals surface area (Å²) in [5.74, 6) is 1.76. The molecule has 0 fully saturated rings. The van der Waals surface area contributed by atoms with E-state index in [1.807, 2.05) is 0 Å². The lowest BCUT2D eigenvalue weighted by Gasteiger charge is -2.01. The molecule has 0 unspecified atom stereocenters. The Morgan fingerprint density at radius 1 is 1.43 bits per heavy atom. The Morgan fingerprint density at radius 2 is 2.29 bits per heavy atom. The van der Waals surface area contributed by atoms with Gasteiger partial charge < -0.3 is 0 Å². The molecule has 0 atom stereocenters. The van der Waals surface area contributed by atoms with Crippen molar-refractivity contribution < 1.29 is 0 Å². The van der Waals surface area contributed by atoms with Crippen LogP contribution < -0.4 is 0 Å². The minimum absolute atomic E-state index is 0.722. The van der Waals surface area contributed by atoms with Crippen molar-refractivity contribution in [3.8, 4) is 0 Å². The maximum Gasteiger partial charge on any atom is 0.116 e. The molecule has 1 heterocycles. The number of aromatic nitrogens is 2. The lowest BCUT2D eigenvalue weighted by molar-refractivity contribution is 0.854. The Balaban J connectivity index is 2.46. The summed E-state index contributed by atoms with van der Waals surface area (Å²) in [5, 5.41) is 1.06. The maximum atomic E-state index is 5.60. The summed E-state index contributed by atoms with van der Waals surface area (Å²) in [6.07, 6.45) is 4.84. The largest absolute Gasteiger partial charge is 0.241 e. The van der Waals surface area contributed by atoms with Crippen molar-refractivity contribution in [3.63, 3.8) is 0 Å². The molecule has 0 saturated carbocycles. The number of nitrogens with zero attached hydrogens (tertiary/aromatic N) is 2. The Bertz CT molecular complexity index is 268. The molecule has 78 valence electrons. The molecule has 14 heavy (non-hydrogen) atoms. The first-order valence-corrected chi connectivity index (χ1v) is 6.38. The van der Waals surface area contributed by atoms with Crippen molar-refractivity contribution in [3.05, 3.63) is 18.1 Å². The monoisotopic (exact) mass is 230 g/mol. The van der Waals surface area contributed by atoms with E-state index in [1.54, 1.807) is 18.1 Å². The average Bonchev–Trinajstić information content (AvgIpc) is 2.19. The van der Waals surface area contributed by atoms with E-state index in [2.05, 4.69) is 23.0 Å². The molecule has 0 aliphatic carbocycles. The second-order valence-corrected chi connectivity index (χ2v) is 4.48. The Kier molecular flexibility index (Phi) is 5.96. The van der Waals surface area contributed by atoms with Gasteiger partial charge in [-0.3, -0.25) is 0 Å². The molecule has 1 aromatic rings. The summed E-state index contributed by atoms with van der Waals surface area (Å²) in [6, 6.07) is 2.07. The van der Waals surface area contributed by atoms with Crippen LogP contribution in [0, 0.1) is 0 Å². The molecule has 0 aliphatic heterocycles. The third kappa shape index (κ3) is 4.29. The fourth-order valence-electron chi connectivity index (χ4n) is 1.08. The van der Waals surface area contributed by atoms with E-state index in [0.29, 0.717) is 0 Å². The van der Waals surface area contributed by atoms with Crippen LogP contribution in [0.2, 0.25) is 0 Å². The maximum absolute atomic E-state index is 5.60. The topological polar surface area (TPSA) is 25.8 Å². The molecule has 2 nitrogen and oxygen atoms in total. The fourth-order valence-corrected chi connectivity index (χ4v) is 2.21. The van der Waals surface area contributed by atoms with Crippen LogP contribution in [0.1, 0.15) is 25.5 Å². The summed E-state index contributed by atoms with van der Waals surface area (Å²) in [4.78, 5) is 8.41. The van der Waals surface area contributed by atoms with Crippen LogP contribution in [0.4, 0.5) is 0 Å². The Morgan fingerprint density at radius 3 is 3.00 bits per heavy atom. The van der Waals surface area contributed by atoms with Gasteiger partial charge in [0.1, 0.15) is 6.33 Å². The van der Waals surface area contributed by atoms with E-state index in [0.717, 1.165) is 41.6 Å². The number of rotatable bonds is 6. The van der Waals surface area contributed by atoms with Gasteiger partial charge in [0.05, 0.1) is 5.03 Å². The van der Waals surface area contributed by atoms with Gasteiger partial charge in [0, 0.05) is 17.3 Å². The van der Waals surface area contributed by atoms with Gasteiger partial charge in [0.25, 0.3) is 0 Å². The van der Waals surface area contributed by atoms with Gasteiger partial charge in [-0.1, -0.05) is 13.3 Å². The van der Waals surface area contributed by atoms with Crippen LogP contribution in [0.3, 0.4) is 0 Å². The molecule has 0 N–H and O–H groups in total. The number of aryl methyl sites for hydroxylation is 1. The van der Waals surface area contributed by atoms with Gasteiger partial charge in [0.15, 0.2) is 0 Å². The van der Waals surface area contributed by atoms with Crippen molar-refractivity contribution >= 4 is 23.4 Å². The third-order valence-corrected chi connectivity index (χ3v) is 3.01. The smallest absolute Gasteiger partial charge is 0.116 e. The highest BCUT2D eigenvalue weighted by Gasteiger charge is 1.98. The molecule has 0 aromatic carbocycles. The molecule has 0 aliphatic rings. The van der Waals surface area contributed by atoms with Crippen LogP contribution in [0.15, 0.2) is 17.4 Å². The second-order valence-electron chi connectivity index (χ2n) is 2.99. The predicted molar refractivity (Wildman–Crippen MR) is 62.1 cm³/mol. The molecule has 0 bridgehead atoms. The van der Waals surface area contributed by atoms with Crippen molar-refractivity contribution in [1.29, 1.82) is 0 Å². The van der Waals surface area contributed by atoms with E-state index >= 15 is 0 Å². The molecule has 0 amide bonds. The molecule has 0 spiro atoms. The lowest BCUT2D eigenvalue weighted by atomic mass is 10.2. The third-order valence-electron chi connectivity index (χ3n) is 1.73. The van der Waals surface area contributed by atoms with Gasteiger partial charge in [0.2, 0.25) is 0 Å². The highest BCUT2D eigenvalue weighted by atomic mass is 35.5. The number of hydrogen-bond donors (Lipinski definition) is 0. The van der Waals surface area contributed by atoms with E-state index in [-0.39, 0.29) is 0 Å². The van der Waals surface area contributed by atoms with E-state index in [4.69, 9.17) is 11.6 Å². The SMILES string of the molecule is CCCc1cc(SCCCCl)ncn1. The highest BCUT2D eigenvalue weighted by molar-refractivity contribution is 7.99. The normalized spacial score (nSPS) is 10.4. The first kappa shape index (κ1) is 11.8. The van der Waals surface area contributed by atoms with Crippen LogP contribution in [-0.4, -0.2) is 21.6 Å². The predicted octanol–water partition coefficient (Wildman–Crippen LogP) is 3.15. The Hall–Kier alpha value is -0.280. The molecular formula is C10H15ClN2S. The van der Waals surface area contributed by atoms with Crippen molar-refractivity contribution in [1.82, 2.24) is 9.97 Å². The number of hydrogen-bond acceptors (Lipinski definition) is 3. The number of thioether (sulfide) groups is 1. The summed E-state index contributed by atoms with van der Waals surface area (Å²) in [7, 11) is 0. The van der Waals surface area contributed by atoms with Crippen molar-refractivity contribution in [2.75, 3.05) is 11.6 Å². The molecule has 1 aromatic heterocycles. The van der Waals surface area contributed by atoms with Crippen LogP contribution in [-0.2, 0) is 6.42 Å². The standard InChI is InChI=1S/C10H15ClN2S/c1-2-4-9-7-10(13-8-12-9)14-6-3-5-11/h7-8H,2-6H2,1H3. The zero-order valence-electron chi connectivity index (χ0n) is 8.37. The summed E-state index contributed by atoms with van der Waals surface area (Å²) in [6.45, 7) is 2.16. The highest BCUT2D eigenvalue weighted by Crippen LogP contribution is 2.16. The zero-order valence-corrected chi connectivity index (χ0v) is 9.94. The number of halogens is 1. The van der Waals surface area contributed by atoms with E-state index < -0.39 is 0 Å². The summed E-state index contributed by atoms with van der Waals surface area (Å²) in [5.41, 5.74) is 1.14. The second kappa shape index (κ2) is 7.07. The lowest BCUT2D eigenvalue weighted by Crippen LogP contribution is -1.92. The van der Waals surface area contributed by atoms with Crippen molar-refractivity contribution in [2.24, 2.45) is 0 Å². The Labute approximate surface area is 94.5 Å². The minimum atomic E-state index is 0.722. The summed E-state index contributed by atoms with van der Waals surface area (Å²) < 4.78 is 0. The van der Waals surface area contributed by atoms with Crippen LogP contribution >= 0.6 is 23.4 Å². The molecule has 0 radical (unpaired) electrons. The van der Waals surface area contributed by atoms with Crippen LogP contribution in [0.25, 0.3) is 0 Å². The van der Waals surface area contributed by atoms with E-state index in [9.17, 15) is 0 Å². The quantitative estimate of drug-likeness (QED) is 0.325. The number of alkyl halides is 1. The molecule has 4 heteroatoms. The van der Waals surface area contributed by atoms with E-state index in [1.165, 1.54) is 0 Å². The van der Waals surface area contributed by atoms with Crippen molar-refractivity contribution in [2.45, 2.75) is 31.2 Å². The first-order chi connectivity index (χ1) is 6.86. The van der Waals surface area contributed by atoms with Gasteiger partial charge in [-0.25, -0.2) is 9.97 Å². The average molecular weight is 231 g/mol. The van der Waals surface area contributed by atoms with Gasteiger partial charge in [-0.05, 0) is 18.9 Å². The molecule has 0 saturated heterocycles. The fraction of sp³-hybridized carbons (Fsp3) is 0.600. The zero-order chi connectivity index (χ0) is 10.2. The summed E-state index contributed by atoms with van der Waals surface area (Å²) >= 11 is 7.35. The molecular weight excluding hydrogens is 216 g/mol. The van der Waals surface area contributed by atoms with Crippen LogP contribution in [0.5, 0.6) is 0 Å². The first-order valence-electron chi connectivity index (χ1n) is 4.86. The molecule has 1 rings (SSSR count). The minimum Gasteiger partial charge on any atom is -0.241 e.